The lowest BCUT2D eigenvalue weighted by Gasteiger charge is -2.22. The van der Waals surface area contributed by atoms with Crippen LogP contribution in [0, 0.1) is 5.92 Å². The molecule has 0 aromatic heterocycles. The number of carboxylic acid groups (broad SMARTS) is 1. The summed E-state index contributed by atoms with van der Waals surface area (Å²) in [5.41, 5.74) is 0. The van der Waals surface area contributed by atoms with Crippen LogP contribution < -0.4 is 5.32 Å². The maximum atomic E-state index is 11.6. The minimum Gasteiger partial charge on any atom is -0.481 e. The zero-order valence-electron chi connectivity index (χ0n) is 9.77. The number of rotatable bonds is 5. The number of carbonyl (C=O) groups excluding carboxylic acids is 1. The van der Waals surface area contributed by atoms with Crippen LogP contribution in [0.2, 0.25) is 0 Å². The standard InChI is InChI=1S/C9H17NO5S/c1-6(7(11)12)5-10-8(13)9(2,3)16(4,14)15/h6H,5H2,1-4H3,(H,10,13)(H,11,12). The Labute approximate surface area is 95.0 Å². The lowest BCUT2D eigenvalue weighted by molar-refractivity contribution is -0.141. The quantitative estimate of drug-likeness (QED) is 0.695. The van der Waals surface area contributed by atoms with Crippen LogP contribution in [0.5, 0.6) is 0 Å². The Hall–Kier alpha value is -1.11. The molecular formula is C9H17NO5S. The van der Waals surface area contributed by atoms with E-state index in [0.717, 1.165) is 6.26 Å². The molecule has 0 heterocycles. The Kier molecular flexibility index (Phi) is 4.48. The van der Waals surface area contributed by atoms with Crippen LogP contribution in [-0.4, -0.2) is 42.9 Å². The van der Waals surface area contributed by atoms with E-state index >= 15 is 0 Å². The van der Waals surface area contributed by atoms with Gasteiger partial charge in [-0.25, -0.2) is 8.42 Å². The van der Waals surface area contributed by atoms with Crippen LogP contribution in [-0.2, 0) is 19.4 Å². The molecule has 1 amide bonds. The molecule has 1 unspecified atom stereocenters. The summed E-state index contributed by atoms with van der Waals surface area (Å²) < 4.78 is 21.0. The van der Waals surface area contributed by atoms with Crippen LogP contribution in [0.4, 0.5) is 0 Å². The van der Waals surface area contributed by atoms with Crippen molar-refractivity contribution in [1.29, 1.82) is 0 Å². The van der Waals surface area contributed by atoms with Crippen molar-refractivity contribution in [3.05, 3.63) is 0 Å². The Balaban J connectivity index is 4.56. The molecule has 1 atom stereocenters. The molecule has 0 aliphatic carbocycles. The van der Waals surface area contributed by atoms with E-state index in [1.807, 2.05) is 0 Å². The number of carbonyl (C=O) groups is 2. The van der Waals surface area contributed by atoms with E-state index in [2.05, 4.69) is 5.32 Å². The van der Waals surface area contributed by atoms with E-state index in [4.69, 9.17) is 5.11 Å². The van der Waals surface area contributed by atoms with Gasteiger partial charge in [-0.2, -0.15) is 0 Å². The van der Waals surface area contributed by atoms with Gasteiger partial charge in [-0.3, -0.25) is 9.59 Å². The van der Waals surface area contributed by atoms with Gasteiger partial charge in [-0.1, -0.05) is 6.92 Å². The average molecular weight is 251 g/mol. The molecule has 0 aromatic carbocycles. The Morgan fingerprint density at radius 2 is 1.81 bits per heavy atom. The first-order valence-corrected chi connectivity index (χ1v) is 6.60. The minimum atomic E-state index is -3.53. The fraction of sp³-hybridized carbons (Fsp3) is 0.778. The van der Waals surface area contributed by atoms with Crippen LogP contribution in [0.1, 0.15) is 20.8 Å². The smallest absolute Gasteiger partial charge is 0.308 e. The van der Waals surface area contributed by atoms with Crippen molar-refractivity contribution in [2.24, 2.45) is 5.92 Å². The maximum Gasteiger partial charge on any atom is 0.308 e. The second-order valence-corrected chi connectivity index (χ2v) is 6.80. The summed E-state index contributed by atoms with van der Waals surface area (Å²) in [5, 5.41) is 10.9. The summed E-state index contributed by atoms with van der Waals surface area (Å²) in [4.78, 5) is 22.0. The topological polar surface area (TPSA) is 101 Å². The Bertz CT molecular complexity index is 385. The highest BCUT2D eigenvalue weighted by Crippen LogP contribution is 2.14. The van der Waals surface area contributed by atoms with E-state index in [9.17, 15) is 18.0 Å². The molecule has 0 radical (unpaired) electrons. The monoisotopic (exact) mass is 251 g/mol. The number of nitrogens with one attached hydrogen (secondary N) is 1. The lowest BCUT2D eigenvalue weighted by atomic mass is 10.1. The number of sulfone groups is 1. The van der Waals surface area contributed by atoms with Gasteiger partial charge in [0.15, 0.2) is 9.84 Å². The number of aliphatic carboxylic acids is 1. The third kappa shape index (κ3) is 3.48. The molecule has 0 saturated carbocycles. The third-order valence-corrected chi connectivity index (χ3v) is 4.50. The highest BCUT2D eigenvalue weighted by molar-refractivity contribution is 7.92. The molecule has 94 valence electrons. The van der Waals surface area contributed by atoms with Crippen LogP contribution in [0.3, 0.4) is 0 Å². The van der Waals surface area contributed by atoms with Crippen molar-refractivity contribution in [2.75, 3.05) is 12.8 Å². The zero-order valence-corrected chi connectivity index (χ0v) is 10.6. The largest absolute Gasteiger partial charge is 0.481 e. The Morgan fingerprint density at radius 3 is 2.12 bits per heavy atom. The third-order valence-electron chi connectivity index (χ3n) is 2.46. The SMILES string of the molecule is CC(CNC(=O)C(C)(C)S(C)(=O)=O)C(=O)O. The van der Waals surface area contributed by atoms with Crippen molar-refractivity contribution >= 4 is 21.7 Å². The molecule has 0 fully saturated rings. The summed E-state index contributed by atoms with van der Waals surface area (Å²) in [5.74, 6) is -2.49. The molecular weight excluding hydrogens is 234 g/mol. The fourth-order valence-corrected chi connectivity index (χ4v) is 1.12. The first-order valence-electron chi connectivity index (χ1n) is 4.71. The van der Waals surface area contributed by atoms with Crippen molar-refractivity contribution < 1.29 is 23.1 Å². The molecule has 7 heteroatoms. The van der Waals surface area contributed by atoms with Gasteiger partial charge in [0.25, 0.3) is 0 Å². The molecule has 2 N–H and O–H groups in total. The summed E-state index contributed by atoms with van der Waals surface area (Å²) in [6.45, 7) is 3.90. The molecule has 16 heavy (non-hydrogen) atoms. The van der Waals surface area contributed by atoms with Crippen molar-refractivity contribution in [1.82, 2.24) is 5.32 Å². The molecule has 0 aromatic rings. The maximum absolute atomic E-state index is 11.6. The molecule has 0 bridgehead atoms. The first-order chi connectivity index (χ1) is 7.00. The van der Waals surface area contributed by atoms with E-state index in [-0.39, 0.29) is 6.54 Å². The van der Waals surface area contributed by atoms with E-state index in [1.165, 1.54) is 20.8 Å². The minimum absolute atomic E-state index is 0.0902. The normalized spacial score (nSPS) is 14.2. The van der Waals surface area contributed by atoms with Crippen LogP contribution in [0.25, 0.3) is 0 Å². The summed E-state index contributed by atoms with van der Waals surface area (Å²) >= 11 is 0. The van der Waals surface area contributed by atoms with Crippen molar-refractivity contribution in [2.45, 2.75) is 25.5 Å². The molecule has 0 saturated heterocycles. The molecule has 0 rings (SSSR count). The van der Waals surface area contributed by atoms with Crippen molar-refractivity contribution in [3.8, 4) is 0 Å². The van der Waals surface area contributed by atoms with Gasteiger partial charge in [0.05, 0.1) is 5.92 Å². The second kappa shape index (κ2) is 4.82. The van der Waals surface area contributed by atoms with E-state index < -0.39 is 32.4 Å². The first kappa shape index (κ1) is 14.9. The van der Waals surface area contributed by atoms with Gasteiger partial charge < -0.3 is 10.4 Å². The predicted molar refractivity (Wildman–Crippen MR) is 58.7 cm³/mol. The van der Waals surface area contributed by atoms with Gasteiger partial charge in [0.1, 0.15) is 4.75 Å². The highest BCUT2D eigenvalue weighted by atomic mass is 32.2. The molecule has 0 aliphatic rings. The molecule has 0 spiro atoms. The van der Waals surface area contributed by atoms with Gasteiger partial charge in [-0.15, -0.1) is 0 Å². The molecule has 6 nitrogen and oxygen atoms in total. The highest BCUT2D eigenvalue weighted by Gasteiger charge is 2.38. The number of carboxylic acids is 1. The second-order valence-electron chi connectivity index (χ2n) is 4.23. The summed E-state index contributed by atoms with van der Waals surface area (Å²) in [7, 11) is -3.53. The van der Waals surface area contributed by atoms with E-state index in [0.29, 0.717) is 0 Å². The van der Waals surface area contributed by atoms with E-state index in [1.54, 1.807) is 0 Å². The van der Waals surface area contributed by atoms with Crippen molar-refractivity contribution in [3.63, 3.8) is 0 Å². The summed E-state index contributed by atoms with van der Waals surface area (Å²) in [6, 6.07) is 0. The number of hydrogen-bond donors (Lipinski definition) is 2. The van der Waals surface area contributed by atoms with Crippen LogP contribution in [0.15, 0.2) is 0 Å². The Morgan fingerprint density at radius 1 is 1.38 bits per heavy atom. The van der Waals surface area contributed by atoms with Gasteiger partial charge >= 0.3 is 5.97 Å². The summed E-state index contributed by atoms with van der Waals surface area (Å²) in [6.07, 6.45) is 0.965. The van der Waals surface area contributed by atoms with Crippen LogP contribution >= 0.6 is 0 Å². The number of amides is 1. The zero-order chi connectivity index (χ0) is 13.1. The number of hydrogen-bond acceptors (Lipinski definition) is 4. The average Bonchev–Trinajstić information content (AvgIpc) is 2.11. The van der Waals surface area contributed by atoms with Gasteiger partial charge in [0, 0.05) is 12.8 Å². The van der Waals surface area contributed by atoms with Gasteiger partial charge in [0.2, 0.25) is 5.91 Å². The fourth-order valence-electron chi connectivity index (χ4n) is 0.714. The molecule has 0 aliphatic heterocycles. The predicted octanol–water partition coefficient (Wildman–Crippen LogP) is -0.353. The van der Waals surface area contributed by atoms with Gasteiger partial charge in [-0.05, 0) is 13.8 Å². The lowest BCUT2D eigenvalue weighted by Crippen LogP contribution is -2.49.